The Labute approximate surface area is 122 Å². The van der Waals surface area contributed by atoms with E-state index in [1.807, 2.05) is 12.1 Å². The summed E-state index contributed by atoms with van der Waals surface area (Å²) < 4.78 is 11.5. The van der Waals surface area contributed by atoms with Crippen molar-refractivity contribution < 1.29 is 9.47 Å². The Morgan fingerprint density at radius 1 is 1.30 bits per heavy atom. The van der Waals surface area contributed by atoms with Gasteiger partial charge in [-0.1, -0.05) is 13.3 Å². The first-order valence-electron chi connectivity index (χ1n) is 7.55. The van der Waals surface area contributed by atoms with Crippen LogP contribution in [0.2, 0.25) is 0 Å². The minimum atomic E-state index is 0.245. The predicted octanol–water partition coefficient (Wildman–Crippen LogP) is 2.67. The molecule has 0 radical (unpaired) electrons. The SMILES string of the molecule is CCCC(C)Oc1ccc(OC)cc1N1CCNCC1. The van der Waals surface area contributed by atoms with Crippen LogP contribution >= 0.6 is 0 Å². The first-order valence-corrected chi connectivity index (χ1v) is 7.55. The molecule has 0 aliphatic carbocycles. The molecule has 1 aliphatic heterocycles. The number of rotatable bonds is 6. The summed E-state index contributed by atoms with van der Waals surface area (Å²) in [6.07, 6.45) is 2.46. The average Bonchev–Trinajstić information content (AvgIpc) is 2.49. The molecule has 1 unspecified atom stereocenters. The summed E-state index contributed by atoms with van der Waals surface area (Å²) in [5.74, 6) is 1.85. The van der Waals surface area contributed by atoms with Crippen molar-refractivity contribution in [1.82, 2.24) is 5.32 Å². The van der Waals surface area contributed by atoms with Gasteiger partial charge in [-0.2, -0.15) is 0 Å². The summed E-state index contributed by atoms with van der Waals surface area (Å²) in [5.41, 5.74) is 1.15. The molecule has 1 atom stereocenters. The van der Waals surface area contributed by atoms with E-state index in [4.69, 9.17) is 9.47 Å². The van der Waals surface area contributed by atoms with Gasteiger partial charge < -0.3 is 19.7 Å². The van der Waals surface area contributed by atoms with E-state index in [9.17, 15) is 0 Å². The van der Waals surface area contributed by atoms with Crippen LogP contribution in [0.15, 0.2) is 18.2 Å². The monoisotopic (exact) mass is 278 g/mol. The quantitative estimate of drug-likeness (QED) is 0.867. The van der Waals surface area contributed by atoms with Crippen molar-refractivity contribution in [2.45, 2.75) is 32.8 Å². The minimum Gasteiger partial charge on any atom is -0.497 e. The number of hydrogen-bond donors (Lipinski definition) is 1. The maximum Gasteiger partial charge on any atom is 0.143 e. The van der Waals surface area contributed by atoms with Gasteiger partial charge in [0.15, 0.2) is 0 Å². The van der Waals surface area contributed by atoms with E-state index < -0.39 is 0 Å². The number of benzene rings is 1. The molecule has 112 valence electrons. The number of ether oxygens (including phenoxy) is 2. The number of methoxy groups -OCH3 is 1. The second-order valence-corrected chi connectivity index (χ2v) is 5.29. The van der Waals surface area contributed by atoms with Crippen LogP contribution in [-0.4, -0.2) is 39.4 Å². The average molecular weight is 278 g/mol. The van der Waals surface area contributed by atoms with Gasteiger partial charge in [0.25, 0.3) is 0 Å². The molecule has 1 heterocycles. The van der Waals surface area contributed by atoms with Gasteiger partial charge in [-0.3, -0.25) is 0 Å². The fourth-order valence-corrected chi connectivity index (χ4v) is 2.56. The van der Waals surface area contributed by atoms with E-state index in [0.29, 0.717) is 0 Å². The van der Waals surface area contributed by atoms with Crippen molar-refractivity contribution in [3.05, 3.63) is 18.2 Å². The van der Waals surface area contributed by atoms with Crippen LogP contribution in [0.1, 0.15) is 26.7 Å². The van der Waals surface area contributed by atoms with E-state index in [1.165, 1.54) is 0 Å². The van der Waals surface area contributed by atoms with Crippen molar-refractivity contribution in [2.75, 3.05) is 38.2 Å². The Hall–Kier alpha value is -1.42. The van der Waals surface area contributed by atoms with Crippen LogP contribution in [0.5, 0.6) is 11.5 Å². The Balaban J connectivity index is 2.20. The van der Waals surface area contributed by atoms with Gasteiger partial charge in [0, 0.05) is 32.2 Å². The van der Waals surface area contributed by atoms with Crippen molar-refractivity contribution in [3.8, 4) is 11.5 Å². The molecule has 1 aromatic rings. The molecule has 0 saturated carbocycles. The summed E-state index contributed by atoms with van der Waals surface area (Å²) in [6.45, 7) is 8.36. The number of nitrogens with zero attached hydrogens (tertiary/aromatic N) is 1. The summed E-state index contributed by atoms with van der Waals surface area (Å²) in [4.78, 5) is 2.37. The normalized spacial score (nSPS) is 16.9. The van der Waals surface area contributed by atoms with Crippen LogP contribution in [0, 0.1) is 0 Å². The highest BCUT2D eigenvalue weighted by atomic mass is 16.5. The molecular weight excluding hydrogens is 252 g/mol. The highest BCUT2D eigenvalue weighted by Crippen LogP contribution is 2.33. The molecule has 1 fully saturated rings. The Kier molecular flexibility index (Phi) is 5.53. The summed E-state index contributed by atoms with van der Waals surface area (Å²) in [6, 6.07) is 6.08. The lowest BCUT2D eigenvalue weighted by Crippen LogP contribution is -2.43. The number of piperazine rings is 1. The van der Waals surface area contributed by atoms with E-state index >= 15 is 0 Å². The molecule has 0 bridgehead atoms. The second-order valence-electron chi connectivity index (χ2n) is 5.29. The van der Waals surface area contributed by atoms with Crippen LogP contribution in [-0.2, 0) is 0 Å². The lowest BCUT2D eigenvalue weighted by Gasteiger charge is -2.31. The molecule has 0 amide bonds. The molecule has 1 N–H and O–H groups in total. The van der Waals surface area contributed by atoms with E-state index in [0.717, 1.165) is 56.2 Å². The Morgan fingerprint density at radius 3 is 2.70 bits per heavy atom. The summed E-state index contributed by atoms with van der Waals surface area (Å²) >= 11 is 0. The standard InChI is InChI=1S/C16H26N2O2/c1-4-5-13(2)20-16-7-6-14(19-3)12-15(16)18-10-8-17-9-11-18/h6-7,12-13,17H,4-5,8-11H2,1-3H3. The van der Waals surface area contributed by atoms with Crippen molar-refractivity contribution in [2.24, 2.45) is 0 Å². The largest absolute Gasteiger partial charge is 0.497 e. The maximum absolute atomic E-state index is 6.12. The van der Waals surface area contributed by atoms with Gasteiger partial charge in [0.1, 0.15) is 11.5 Å². The minimum absolute atomic E-state index is 0.245. The predicted molar refractivity (Wildman–Crippen MR) is 83.1 cm³/mol. The molecule has 0 spiro atoms. The van der Waals surface area contributed by atoms with Crippen LogP contribution in [0.4, 0.5) is 5.69 Å². The van der Waals surface area contributed by atoms with Gasteiger partial charge in [0.2, 0.25) is 0 Å². The van der Waals surface area contributed by atoms with Crippen molar-refractivity contribution in [1.29, 1.82) is 0 Å². The summed E-state index contributed by atoms with van der Waals surface area (Å²) in [5, 5.41) is 3.38. The number of hydrogen-bond acceptors (Lipinski definition) is 4. The first kappa shape index (κ1) is 15.0. The maximum atomic E-state index is 6.12. The van der Waals surface area contributed by atoms with Gasteiger partial charge in [-0.15, -0.1) is 0 Å². The Bertz CT molecular complexity index is 417. The van der Waals surface area contributed by atoms with Crippen LogP contribution in [0.25, 0.3) is 0 Å². The number of nitrogens with one attached hydrogen (secondary N) is 1. The fourth-order valence-electron chi connectivity index (χ4n) is 2.56. The fraction of sp³-hybridized carbons (Fsp3) is 0.625. The molecule has 2 rings (SSSR count). The third kappa shape index (κ3) is 3.79. The molecule has 1 saturated heterocycles. The van der Waals surface area contributed by atoms with Gasteiger partial charge in [-0.25, -0.2) is 0 Å². The first-order chi connectivity index (χ1) is 9.74. The molecule has 4 heteroatoms. The third-order valence-corrected chi connectivity index (χ3v) is 3.65. The zero-order valence-corrected chi connectivity index (χ0v) is 12.8. The molecule has 20 heavy (non-hydrogen) atoms. The van der Waals surface area contributed by atoms with Crippen molar-refractivity contribution >= 4 is 5.69 Å². The Morgan fingerprint density at radius 2 is 2.05 bits per heavy atom. The molecule has 0 aromatic heterocycles. The van der Waals surface area contributed by atoms with Crippen LogP contribution in [0.3, 0.4) is 0 Å². The molecule has 1 aliphatic rings. The smallest absolute Gasteiger partial charge is 0.143 e. The highest BCUT2D eigenvalue weighted by Gasteiger charge is 2.17. The van der Waals surface area contributed by atoms with Gasteiger partial charge in [-0.05, 0) is 25.5 Å². The van der Waals surface area contributed by atoms with Crippen LogP contribution < -0.4 is 19.7 Å². The van der Waals surface area contributed by atoms with Crippen molar-refractivity contribution in [3.63, 3.8) is 0 Å². The van der Waals surface area contributed by atoms with E-state index in [-0.39, 0.29) is 6.10 Å². The van der Waals surface area contributed by atoms with E-state index in [2.05, 4.69) is 30.1 Å². The second kappa shape index (κ2) is 7.39. The highest BCUT2D eigenvalue weighted by molar-refractivity contribution is 5.62. The lowest BCUT2D eigenvalue weighted by molar-refractivity contribution is 0.210. The molecule has 4 nitrogen and oxygen atoms in total. The van der Waals surface area contributed by atoms with Gasteiger partial charge >= 0.3 is 0 Å². The number of anilines is 1. The topological polar surface area (TPSA) is 33.7 Å². The molecular formula is C16H26N2O2. The zero-order chi connectivity index (χ0) is 14.4. The third-order valence-electron chi connectivity index (χ3n) is 3.65. The lowest BCUT2D eigenvalue weighted by atomic mass is 10.2. The zero-order valence-electron chi connectivity index (χ0n) is 12.8. The van der Waals surface area contributed by atoms with Gasteiger partial charge in [0.05, 0.1) is 18.9 Å². The molecule has 1 aromatic carbocycles. The van der Waals surface area contributed by atoms with E-state index in [1.54, 1.807) is 7.11 Å². The summed E-state index contributed by atoms with van der Waals surface area (Å²) in [7, 11) is 1.71.